The van der Waals surface area contributed by atoms with Crippen LogP contribution in [0.3, 0.4) is 0 Å². The summed E-state index contributed by atoms with van der Waals surface area (Å²) in [5, 5.41) is 0. The summed E-state index contributed by atoms with van der Waals surface area (Å²) in [4.78, 5) is 0.242. The van der Waals surface area contributed by atoms with E-state index in [1.54, 1.807) is 0 Å². The summed E-state index contributed by atoms with van der Waals surface area (Å²) in [7, 11) is 0. The van der Waals surface area contributed by atoms with E-state index in [4.69, 9.17) is 4.74 Å². The van der Waals surface area contributed by atoms with Crippen LogP contribution in [-0.4, -0.2) is 11.1 Å². The highest BCUT2D eigenvalue weighted by molar-refractivity contribution is 9.12. The Bertz CT molecular complexity index is 269. The van der Waals surface area contributed by atoms with Crippen LogP contribution < -0.4 is 0 Å². The van der Waals surface area contributed by atoms with Gasteiger partial charge in [0.1, 0.15) is 0 Å². The molecule has 0 amide bonds. The average molecular weight is 292 g/mol. The van der Waals surface area contributed by atoms with E-state index in [2.05, 4.69) is 44.0 Å². The van der Waals surface area contributed by atoms with Crippen molar-refractivity contribution in [3.05, 3.63) is 35.9 Å². The van der Waals surface area contributed by atoms with Gasteiger partial charge in [0.25, 0.3) is 0 Å². The lowest BCUT2D eigenvalue weighted by Gasteiger charge is -2.11. The minimum Gasteiger partial charge on any atom is -0.356 e. The van der Waals surface area contributed by atoms with Gasteiger partial charge in [-0.25, -0.2) is 0 Å². The molecule has 0 aromatic heterocycles. The second kappa shape index (κ2) is 3.13. The van der Waals surface area contributed by atoms with Gasteiger partial charge >= 0.3 is 0 Å². The van der Waals surface area contributed by atoms with Crippen LogP contribution in [0.1, 0.15) is 10.4 Å². The molecule has 3 heteroatoms. The molecule has 1 saturated heterocycles. The van der Waals surface area contributed by atoms with Gasteiger partial charge < -0.3 is 4.74 Å². The summed E-state index contributed by atoms with van der Waals surface area (Å²) in [6, 6.07) is 10.2. The van der Waals surface area contributed by atoms with E-state index in [-0.39, 0.29) is 9.34 Å². The second-order valence-corrected chi connectivity index (χ2v) is 5.11. The first kappa shape index (κ1) is 8.73. The zero-order valence-corrected chi connectivity index (χ0v) is 9.51. The Labute approximate surface area is 88.4 Å². The molecule has 1 fully saturated rings. The van der Waals surface area contributed by atoms with Crippen LogP contribution in [0.4, 0.5) is 0 Å². The molecular formula is C9H8Br2O. The van der Waals surface area contributed by atoms with E-state index in [0.717, 1.165) is 6.61 Å². The topological polar surface area (TPSA) is 12.5 Å². The zero-order valence-electron chi connectivity index (χ0n) is 6.34. The standard InChI is InChI=1S/C9H8Br2O/c10-8(9(11)6-12-9)7-4-2-1-3-5-7/h1-5,8H,6H2. The van der Waals surface area contributed by atoms with Crippen molar-refractivity contribution >= 4 is 31.9 Å². The molecular weight excluding hydrogens is 284 g/mol. The first-order valence-electron chi connectivity index (χ1n) is 3.74. The number of benzene rings is 1. The Morgan fingerprint density at radius 3 is 2.42 bits per heavy atom. The summed E-state index contributed by atoms with van der Waals surface area (Å²) in [6.07, 6.45) is 0. The molecule has 64 valence electrons. The highest BCUT2D eigenvalue weighted by Gasteiger charge is 2.48. The maximum absolute atomic E-state index is 5.28. The van der Waals surface area contributed by atoms with Crippen LogP contribution in [0.2, 0.25) is 0 Å². The van der Waals surface area contributed by atoms with Gasteiger partial charge in [0.15, 0.2) is 4.51 Å². The van der Waals surface area contributed by atoms with Gasteiger partial charge in [0, 0.05) is 0 Å². The molecule has 2 rings (SSSR count). The predicted molar refractivity (Wildman–Crippen MR) is 55.7 cm³/mol. The predicted octanol–water partition coefficient (Wildman–Crippen LogP) is 3.24. The number of hydrogen-bond donors (Lipinski definition) is 0. The smallest absolute Gasteiger partial charge is 0.162 e. The molecule has 1 heterocycles. The zero-order chi connectivity index (χ0) is 8.60. The fourth-order valence-electron chi connectivity index (χ4n) is 1.09. The van der Waals surface area contributed by atoms with Crippen LogP contribution in [0, 0.1) is 0 Å². The highest BCUT2D eigenvalue weighted by Crippen LogP contribution is 2.50. The van der Waals surface area contributed by atoms with Crippen molar-refractivity contribution in [3.63, 3.8) is 0 Å². The maximum atomic E-state index is 5.28. The number of hydrogen-bond acceptors (Lipinski definition) is 1. The summed E-state index contributed by atoms with van der Waals surface area (Å²) < 4.78 is 5.12. The molecule has 1 aromatic rings. The third-order valence-electron chi connectivity index (χ3n) is 1.89. The van der Waals surface area contributed by atoms with Gasteiger partial charge in [0.2, 0.25) is 0 Å². The van der Waals surface area contributed by atoms with Crippen LogP contribution in [0.15, 0.2) is 30.3 Å². The van der Waals surface area contributed by atoms with Crippen LogP contribution in [0.25, 0.3) is 0 Å². The van der Waals surface area contributed by atoms with Gasteiger partial charge in [-0.1, -0.05) is 46.3 Å². The third kappa shape index (κ3) is 1.58. The molecule has 0 radical (unpaired) electrons. The molecule has 1 nitrogen and oxygen atoms in total. The van der Waals surface area contributed by atoms with Crippen molar-refractivity contribution in [2.24, 2.45) is 0 Å². The van der Waals surface area contributed by atoms with Crippen LogP contribution in [-0.2, 0) is 4.74 Å². The molecule has 1 aliphatic heterocycles. The van der Waals surface area contributed by atoms with Gasteiger partial charge in [-0.3, -0.25) is 0 Å². The van der Waals surface area contributed by atoms with Crippen molar-refractivity contribution in [3.8, 4) is 0 Å². The normalized spacial score (nSPS) is 29.8. The quantitative estimate of drug-likeness (QED) is 0.602. The maximum Gasteiger partial charge on any atom is 0.162 e. The largest absolute Gasteiger partial charge is 0.356 e. The number of epoxide rings is 1. The van der Waals surface area contributed by atoms with E-state index in [1.165, 1.54) is 5.56 Å². The minimum absolute atomic E-state index is 0.158. The Hall–Kier alpha value is 0.140. The second-order valence-electron chi connectivity index (χ2n) is 2.85. The average Bonchev–Trinajstić information content (AvgIpc) is 2.85. The summed E-state index contributed by atoms with van der Waals surface area (Å²) in [5.74, 6) is 0. The van der Waals surface area contributed by atoms with Crippen molar-refractivity contribution in [2.75, 3.05) is 6.61 Å². The van der Waals surface area contributed by atoms with Gasteiger partial charge in [-0.15, -0.1) is 0 Å². The van der Waals surface area contributed by atoms with Gasteiger partial charge in [0.05, 0.1) is 11.4 Å². The lowest BCUT2D eigenvalue weighted by molar-refractivity contribution is 0.388. The van der Waals surface area contributed by atoms with E-state index in [9.17, 15) is 0 Å². The molecule has 0 spiro atoms. The SMILES string of the molecule is BrC(c1ccccc1)C1(Br)CO1. The summed E-state index contributed by atoms with van der Waals surface area (Å²) >= 11 is 7.12. The Balaban J connectivity index is 2.20. The highest BCUT2D eigenvalue weighted by atomic mass is 79.9. The van der Waals surface area contributed by atoms with E-state index >= 15 is 0 Å². The Kier molecular flexibility index (Phi) is 2.27. The fraction of sp³-hybridized carbons (Fsp3) is 0.333. The van der Waals surface area contributed by atoms with E-state index in [1.807, 2.05) is 18.2 Å². The first-order chi connectivity index (χ1) is 5.72. The molecule has 1 aromatic carbocycles. The number of rotatable bonds is 2. The van der Waals surface area contributed by atoms with Crippen molar-refractivity contribution in [1.82, 2.24) is 0 Å². The molecule has 2 atom stereocenters. The molecule has 1 aliphatic rings. The van der Waals surface area contributed by atoms with Gasteiger partial charge in [-0.2, -0.15) is 0 Å². The van der Waals surface area contributed by atoms with Crippen LogP contribution >= 0.6 is 31.9 Å². The van der Waals surface area contributed by atoms with Crippen LogP contribution in [0.5, 0.6) is 0 Å². The molecule has 0 N–H and O–H groups in total. The first-order valence-corrected chi connectivity index (χ1v) is 5.45. The third-order valence-corrected chi connectivity index (χ3v) is 4.69. The molecule has 0 aliphatic carbocycles. The number of alkyl halides is 2. The Morgan fingerprint density at radius 2 is 1.92 bits per heavy atom. The molecule has 2 unspecified atom stereocenters. The van der Waals surface area contributed by atoms with Crippen molar-refractivity contribution in [2.45, 2.75) is 9.34 Å². The molecule has 0 bridgehead atoms. The summed E-state index contributed by atoms with van der Waals surface area (Å²) in [5.41, 5.74) is 1.24. The lowest BCUT2D eigenvalue weighted by atomic mass is 10.1. The number of ether oxygens (including phenoxy) is 1. The monoisotopic (exact) mass is 290 g/mol. The van der Waals surface area contributed by atoms with Crippen molar-refractivity contribution in [1.29, 1.82) is 0 Å². The molecule has 0 saturated carbocycles. The minimum atomic E-state index is -0.158. The van der Waals surface area contributed by atoms with Gasteiger partial charge in [-0.05, 0) is 21.5 Å². The summed E-state index contributed by atoms with van der Waals surface area (Å²) in [6.45, 7) is 0.776. The lowest BCUT2D eigenvalue weighted by Crippen LogP contribution is -2.08. The van der Waals surface area contributed by atoms with E-state index < -0.39 is 0 Å². The fourth-order valence-corrected chi connectivity index (χ4v) is 2.03. The molecule has 12 heavy (non-hydrogen) atoms. The van der Waals surface area contributed by atoms with Crippen molar-refractivity contribution < 1.29 is 4.74 Å². The van der Waals surface area contributed by atoms with E-state index in [0.29, 0.717) is 0 Å². The number of halogens is 2. The Morgan fingerprint density at radius 1 is 1.33 bits per heavy atom.